The Morgan fingerprint density at radius 3 is 2.30 bits per heavy atom. The summed E-state index contributed by atoms with van der Waals surface area (Å²) in [5.74, 6) is 0.777. The van der Waals surface area contributed by atoms with Crippen LogP contribution < -0.4 is 10.5 Å². The van der Waals surface area contributed by atoms with Gasteiger partial charge in [0.1, 0.15) is 18.5 Å². The number of aliphatic hydroxyl groups excluding tert-OH is 1. The van der Waals surface area contributed by atoms with Crippen molar-refractivity contribution in [2.24, 2.45) is 0 Å². The van der Waals surface area contributed by atoms with E-state index in [2.05, 4.69) is 19.1 Å². The van der Waals surface area contributed by atoms with Crippen LogP contribution in [0, 0.1) is 0 Å². The average Bonchev–Trinajstić information content (AvgIpc) is 2.47. The minimum absolute atomic E-state index is 0.233. The van der Waals surface area contributed by atoms with Crippen molar-refractivity contribution in [1.29, 1.82) is 0 Å². The first-order chi connectivity index (χ1) is 9.69. The Hall–Kier alpha value is -2.00. The summed E-state index contributed by atoms with van der Waals surface area (Å²) >= 11 is 0. The van der Waals surface area contributed by atoms with Crippen LogP contribution in [0.25, 0.3) is 0 Å². The number of anilines is 1. The summed E-state index contributed by atoms with van der Waals surface area (Å²) in [6, 6.07) is 15.2. The largest absolute Gasteiger partial charge is 0.491 e. The van der Waals surface area contributed by atoms with Crippen LogP contribution >= 0.6 is 0 Å². The number of benzene rings is 2. The molecule has 0 bridgehead atoms. The Labute approximate surface area is 120 Å². The lowest BCUT2D eigenvalue weighted by molar-refractivity contribution is 0.108. The van der Waals surface area contributed by atoms with Crippen LogP contribution in [-0.4, -0.2) is 11.7 Å². The predicted molar refractivity (Wildman–Crippen MR) is 81.7 cm³/mol. The highest BCUT2D eigenvalue weighted by atomic mass is 16.5. The summed E-state index contributed by atoms with van der Waals surface area (Å²) in [5.41, 5.74) is 8.42. The van der Waals surface area contributed by atoms with Gasteiger partial charge in [-0.3, -0.25) is 0 Å². The number of rotatable bonds is 6. The molecule has 0 spiro atoms. The van der Waals surface area contributed by atoms with Crippen LogP contribution in [0.3, 0.4) is 0 Å². The lowest BCUT2D eigenvalue weighted by Gasteiger charge is -2.13. The Balaban J connectivity index is 1.89. The maximum Gasteiger partial charge on any atom is 0.119 e. The van der Waals surface area contributed by atoms with Crippen molar-refractivity contribution in [2.45, 2.75) is 25.9 Å². The highest BCUT2D eigenvalue weighted by Crippen LogP contribution is 2.18. The molecule has 2 aromatic carbocycles. The van der Waals surface area contributed by atoms with Crippen LogP contribution in [0.1, 0.15) is 30.6 Å². The van der Waals surface area contributed by atoms with Gasteiger partial charge in [-0.25, -0.2) is 0 Å². The number of nitrogen functional groups attached to an aromatic ring is 1. The molecule has 0 aliphatic carbocycles. The molecule has 3 heteroatoms. The Morgan fingerprint density at radius 1 is 1.05 bits per heavy atom. The van der Waals surface area contributed by atoms with Gasteiger partial charge >= 0.3 is 0 Å². The summed E-state index contributed by atoms with van der Waals surface area (Å²) in [6.07, 6.45) is 1.57. The highest BCUT2D eigenvalue weighted by Gasteiger charge is 2.08. The third-order valence-corrected chi connectivity index (χ3v) is 3.19. The highest BCUT2D eigenvalue weighted by molar-refractivity contribution is 5.39. The predicted octanol–water partition coefficient (Wildman–Crippen LogP) is 3.33. The first-order valence-corrected chi connectivity index (χ1v) is 6.94. The Morgan fingerprint density at radius 2 is 1.70 bits per heavy atom. The maximum absolute atomic E-state index is 10.0. The summed E-state index contributed by atoms with van der Waals surface area (Å²) in [5, 5.41) is 10.0. The molecule has 0 aliphatic heterocycles. The molecular formula is C17H21NO2. The van der Waals surface area contributed by atoms with Crippen LogP contribution in [0.4, 0.5) is 5.69 Å². The smallest absolute Gasteiger partial charge is 0.119 e. The molecule has 3 nitrogen and oxygen atoms in total. The van der Waals surface area contributed by atoms with Crippen molar-refractivity contribution in [2.75, 3.05) is 12.3 Å². The minimum Gasteiger partial charge on any atom is -0.491 e. The van der Waals surface area contributed by atoms with Crippen LogP contribution in [0.15, 0.2) is 48.5 Å². The van der Waals surface area contributed by atoms with E-state index >= 15 is 0 Å². The lowest BCUT2D eigenvalue weighted by Crippen LogP contribution is -2.09. The summed E-state index contributed by atoms with van der Waals surface area (Å²) in [7, 11) is 0. The van der Waals surface area contributed by atoms with Gasteiger partial charge in [-0.15, -0.1) is 0 Å². The monoisotopic (exact) mass is 271 g/mol. The molecule has 2 aromatic rings. The first-order valence-electron chi connectivity index (χ1n) is 6.94. The van der Waals surface area contributed by atoms with Crippen molar-refractivity contribution in [3.05, 3.63) is 59.7 Å². The van der Waals surface area contributed by atoms with Crippen LogP contribution in [-0.2, 0) is 6.42 Å². The Bertz CT molecular complexity index is 520. The number of aliphatic hydroxyl groups is 1. The summed E-state index contributed by atoms with van der Waals surface area (Å²) in [6.45, 7) is 2.39. The van der Waals surface area contributed by atoms with Gasteiger partial charge in [0.25, 0.3) is 0 Å². The van der Waals surface area contributed by atoms with Gasteiger partial charge in [0.05, 0.1) is 0 Å². The molecule has 2 rings (SSSR count). The molecule has 1 unspecified atom stereocenters. The second kappa shape index (κ2) is 6.96. The van der Waals surface area contributed by atoms with Gasteiger partial charge in [0.15, 0.2) is 0 Å². The van der Waals surface area contributed by atoms with E-state index in [9.17, 15) is 5.11 Å². The molecule has 0 saturated heterocycles. The number of ether oxygens (including phenoxy) is 1. The third kappa shape index (κ3) is 4.00. The average molecular weight is 271 g/mol. The zero-order chi connectivity index (χ0) is 14.4. The molecule has 0 amide bonds. The van der Waals surface area contributed by atoms with Crippen molar-refractivity contribution in [3.63, 3.8) is 0 Å². The van der Waals surface area contributed by atoms with Crippen LogP contribution in [0.2, 0.25) is 0 Å². The zero-order valence-electron chi connectivity index (χ0n) is 11.8. The summed E-state index contributed by atoms with van der Waals surface area (Å²) < 4.78 is 5.60. The van der Waals surface area contributed by atoms with Crippen molar-refractivity contribution >= 4 is 5.69 Å². The second-order valence-corrected chi connectivity index (χ2v) is 4.89. The number of hydrogen-bond acceptors (Lipinski definition) is 3. The van der Waals surface area contributed by atoms with Gasteiger partial charge in [-0.05, 0) is 41.8 Å². The van der Waals surface area contributed by atoms with E-state index in [4.69, 9.17) is 10.5 Å². The molecule has 20 heavy (non-hydrogen) atoms. The molecule has 0 radical (unpaired) electrons. The number of aryl methyl sites for hydroxylation is 1. The quantitative estimate of drug-likeness (QED) is 0.792. The molecule has 1 atom stereocenters. The van der Waals surface area contributed by atoms with Gasteiger partial charge in [-0.2, -0.15) is 0 Å². The fourth-order valence-electron chi connectivity index (χ4n) is 2.03. The van der Waals surface area contributed by atoms with Gasteiger partial charge < -0.3 is 15.6 Å². The molecule has 0 aliphatic rings. The SMILES string of the molecule is CCCc1ccc(OCC(O)c2ccc(N)cc2)cc1. The molecular weight excluding hydrogens is 250 g/mol. The fourth-order valence-corrected chi connectivity index (χ4v) is 2.03. The molecule has 3 N–H and O–H groups in total. The molecule has 0 saturated carbocycles. The van der Waals surface area contributed by atoms with E-state index in [-0.39, 0.29) is 6.61 Å². The van der Waals surface area contributed by atoms with E-state index in [1.54, 1.807) is 12.1 Å². The number of hydrogen-bond donors (Lipinski definition) is 2. The zero-order valence-corrected chi connectivity index (χ0v) is 11.8. The van der Waals surface area contributed by atoms with Crippen molar-refractivity contribution in [1.82, 2.24) is 0 Å². The van der Waals surface area contributed by atoms with E-state index in [1.165, 1.54) is 5.56 Å². The molecule has 0 heterocycles. The molecule has 0 aromatic heterocycles. The first kappa shape index (κ1) is 14.4. The van der Waals surface area contributed by atoms with E-state index in [0.29, 0.717) is 5.69 Å². The minimum atomic E-state index is -0.647. The van der Waals surface area contributed by atoms with Gasteiger partial charge in [0, 0.05) is 5.69 Å². The standard InChI is InChI=1S/C17H21NO2/c1-2-3-13-4-10-16(11-5-13)20-12-17(19)14-6-8-15(18)9-7-14/h4-11,17,19H,2-3,12,18H2,1H3. The normalized spacial score (nSPS) is 12.1. The van der Waals surface area contributed by atoms with Crippen molar-refractivity contribution in [3.8, 4) is 5.75 Å². The van der Waals surface area contributed by atoms with E-state index < -0.39 is 6.10 Å². The molecule has 0 fully saturated rings. The fraction of sp³-hybridized carbons (Fsp3) is 0.294. The molecule has 106 valence electrons. The number of nitrogens with two attached hydrogens (primary N) is 1. The van der Waals surface area contributed by atoms with E-state index in [0.717, 1.165) is 24.2 Å². The third-order valence-electron chi connectivity index (χ3n) is 3.19. The topological polar surface area (TPSA) is 55.5 Å². The maximum atomic E-state index is 10.0. The second-order valence-electron chi connectivity index (χ2n) is 4.89. The van der Waals surface area contributed by atoms with Crippen LogP contribution in [0.5, 0.6) is 5.75 Å². The van der Waals surface area contributed by atoms with E-state index in [1.807, 2.05) is 24.3 Å². The van der Waals surface area contributed by atoms with Gasteiger partial charge in [0.2, 0.25) is 0 Å². The summed E-state index contributed by atoms with van der Waals surface area (Å²) in [4.78, 5) is 0. The van der Waals surface area contributed by atoms with Crippen molar-refractivity contribution < 1.29 is 9.84 Å². The van der Waals surface area contributed by atoms with Gasteiger partial charge in [-0.1, -0.05) is 37.6 Å². The lowest BCUT2D eigenvalue weighted by atomic mass is 10.1. The Kier molecular flexibility index (Phi) is 5.02.